The Morgan fingerprint density at radius 2 is 1.79 bits per heavy atom. The lowest BCUT2D eigenvalue weighted by molar-refractivity contribution is -0.116. The third kappa shape index (κ3) is 3.67. The van der Waals surface area contributed by atoms with E-state index < -0.39 is 0 Å². The van der Waals surface area contributed by atoms with Crippen molar-refractivity contribution in [2.45, 2.75) is 26.8 Å². The third-order valence-corrected chi connectivity index (χ3v) is 4.80. The monoisotopic (exact) mass is 387 g/mol. The summed E-state index contributed by atoms with van der Waals surface area (Å²) in [6, 6.07) is 18.6. The van der Waals surface area contributed by atoms with Gasteiger partial charge in [-0.1, -0.05) is 55.5 Å². The molecule has 4 aromatic rings. The van der Waals surface area contributed by atoms with Gasteiger partial charge in [0.1, 0.15) is 6.54 Å². The van der Waals surface area contributed by atoms with E-state index in [1.807, 2.05) is 61.5 Å². The fraction of sp³-hybridized carbons (Fsp3) is 0.182. The number of benzene rings is 2. The summed E-state index contributed by atoms with van der Waals surface area (Å²) in [4.78, 5) is 29.7. The van der Waals surface area contributed by atoms with Crippen LogP contribution in [0.5, 0.6) is 0 Å². The van der Waals surface area contributed by atoms with E-state index in [9.17, 15) is 9.59 Å². The Kier molecular flexibility index (Phi) is 4.95. The van der Waals surface area contributed by atoms with Gasteiger partial charge in [0.2, 0.25) is 11.7 Å². The number of anilines is 1. The Labute approximate surface area is 167 Å². The molecule has 7 nitrogen and oxygen atoms in total. The van der Waals surface area contributed by atoms with Crippen molar-refractivity contribution in [2.75, 3.05) is 5.32 Å². The van der Waals surface area contributed by atoms with Crippen molar-refractivity contribution in [3.8, 4) is 11.4 Å². The van der Waals surface area contributed by atoms with E-state index in [1.165, 1.54) is 10.6 Å². The predicted octanol–water partition coefficient (Wildman–Crippen LogP) is 3.07. The maximum atomic E-state index is 12.7. The van der Waals surface area contributed by atoms with Crippen molar-refractivity contribution >= 4 is 17.4 Å². The molecule has 0 spiro atoms. The van der Waals surface area contributed by atoms with Crippen LogP contribution in [0.4, 0.5) is 5.69 Å². The highest BCUT2D eigenvalue weighted by Gasteiger charge is 2.16. The first-order valence-corrected chi connectivity index (χ1v) is 9.47. The average Bonchev–Trinajstić information content (AvgIpc) is 3.18. The standard InChI is InChI=1S/C22H21N5O2/c1-3-16-9-7-8-12-18(16)23-19(28)14-26-15(2)13-20(29)27-22(26)24-21(25-27)17-10-5-4-6-11-17/h4-13H,3,14H2,1-2H3,(H,23,28). The minimum Gasteiger partial charge on any atom is -0.324 e. The lowest BCUT2D eigenvalue weighted by Crippen LogP contribution is -2.25. The first-order chi connectivity index (χ1) is 14.1. The smallest absolute Gasteiger partial charge is 0.275 e. The zero-order chi connectivity index (χ0) is 20.4. The molecule has 0 bridgehead atoms. The highest BCUT2D eigenvalue weighted by Crippen LogP contribution is 2.17. The second-order valence-electron chi connectivity index (χ2n) is 6.78. The summed E-state index contributed by atoms with van der Waals surface area (Å²) in [6.45, 7) is 3.85. The number of hydrogen-bond acceptors (Lipinski definition) is 4. The van der Waals surface area contributed by atoms with Crippen LogP contribution >= 0.6 is 0 Å². The number of carbonyl (C=O) groups excluding carboxylic acids is 1. The van der Waals surface area contributed by atoms with Crippen molar-refractivity contribution in [3.05, 3.63) is 82.3 Å². The van der Waals surface area contributed by atoms with Crippen LogP contribution in [0.25, 0.3) is 17.2 Å². The predicted molar refractivity (Wildman–Crippen MR) is 112 cm³/mol. The lowest BCUT2D eigenvalue weighted by Gasteiger charge is -2.13. The van der Waals surface area contributed by atoms with Crippen LogP contribution in [-0.4, -0.2) is 25.1 Å². The van der Waals surface area contributed by atoms with E-state index in [1.54, 1.807) is 11.5 Å². The van der Waals surface area contributed by atoms with Gasteiger partial charge >= 0.3 is 0 Å². The molecule has 4 rings (SSSR count). The fourth-order valence-corrected chi connectivity index (χ4v) is 3.29. The van der Waals surface area contributed by atoms with Crippen LogP contribution < -0.4 is 10.9 Å². The number of nitrogens with one attached hydrogen (secondary N) is 1. The molecular formula is C22H21N5O2. The largest absolute Gasteiger partial charge is 0.324 e. The van der Waals surface area contributed by atoms with E-state index in [-0.39, 0.29) is 18.0 Å². The van der Waals surface area contributed by atoms with Crippen LogP contribution in [0, 0.1) is 6.92 Å². The summed E-state index contributed by atoms with van der Waals surface area (Å²) in [6.07, 6.45) is 0.822. The number of aromatic nitrogens is 4. The Morgan fingerprint density at radius 3 is 2.55 bits per heavy atom. The summed E-state index contributed by atoms with van der Waals surface area (Å²) in [5, 5.41) is 7.30. The zero-order valence-electron chi connectivity index (χ0n) is 16.3. The molecule has 0 unspecified atom stereocenters. The molecule has 0 aliphatic carbocycles. The van der Waals surface area contributed by atoms with E-state index in [2.05, 4.69) is 15.4 Å². The molecule has 0 aliphatic heterocycles. The van der Waals surface area contributed by atoms with Crippen molar-refractivity contribution in [1.29, 1.82) is 0 Å². The maximum Gasteiger partial charge on any atom is 0.275 e. The molecule has 0 aliphatic rings. The minimum atomic E-state index is -0.278. The van der Waals surface area contributed by atoms with E-state index >= 15 is 0 Å². The number of para-hydroxylation sites is 1. The third-order valence-electron chi connectivity index (χ3n) is 4.80. The number of rotatable bonds is 5. The van der Waals surface area contributed by atoms with Gasteiger partial charge in [-0.25, -0.2) is 0 Å². The van der Waals surface area contributed by atoms with E-state index in [0.29, 0.717) is 17.3 Å². The van der Waals surface area contributed by atoms with E-state index in [0.717, 1.165) is 23.2 Å². The summed E-state index contributed by atoms with van der Waals surface area (Å²) in [5.74, 6) is 0.593. The highest BCUT2D eigenvalue weighted by atomic mass is 16.2. The van der Waals surface area contributed by atoms with Gasteiger partial charge < -0.3 is 9.88 Å². The Balaban J connectivity index is 1.70. The fourth-order valence-electron chi connectivity index (χ4n) is 3.29. The first kappa shape index (κ1) is 18.6. The molecule has 29 heavy (non-hydrogen) atoms. The molecule has 1 amide bonds. The van der Waals surface area contributed by atoms with Crippen LogP contribution in [0.2, 0.25) is 0 Å². The van der Waals surface area contributed by atoms with Crippen molar-refractivity contribution < 1.29 is 4.79 Å². The van der Waals surface area contributed by atoms with E-state index in [4.69, 9.17) is 0 Å². The summed E-state index contributed by atoms with van der Waals surface area (Å²) in [5.41, 5.74) is 3.03. The van der Waals surface area contributed by atoms with Crippen molar-refractivity contribution in [1.82, 2.24) is 19.2 Å². The molecule has 2 heterocycles. The normalized spacial score (nSPS) is 11.0. The number of carbonyl (C=O) groups is 1. The van der Waals surface area contributed by atoms with Crippen LogP contribution in [0.1, 0.15) is 18.2 Å². The molecule has 2 aromatic heterocycles. The van der Waals surface area contributed by atoms with Crippen LogP contribution in [0.15, 0.2) is 65.5 Å². The number of amides is 1. The molecular weight excluding hydrogens is 366 g/mol. The van der Waals surface area contributed by atoms with Crippen LogP contribution in [0.3, 0.4) is 0 Å². The lowest BCUT2D eigenvalue weighted by atomic mass is 10.1. The maximum absolute atomic E-state index is 12.7. The molecule has 0 fully saturated rings. The second-order valence-corrected chi connectivity index (χ2v) is 6.78. The molecule has 0 saturated heterocycles. The van der Waals surface area contributed by atoms with Gasteiger partial charge in [-0.05, 0) is 25.0 Å². The highest BCUT2D eigenvalue weighted by molar-refractivity contribution is 5.91. The van der Waals surface area contributed by atoms with Crippen molar-refractivity contribution in [2.24, 2.45) is 0 Å². The molecule has 2 aromatic carbocycles. The Hall–Kier alpha value is -3.74. The second kappa shape index (κ2) is 7.71. The average molecular weight is 387 g/mol. The number of nitrogens with zero attached hydrogens (tertiary/aromatic N) is 4. The van der Waals surface area contributed by atoms with Gasteiger partial charge in [0, 0.05) is 23.0 Å². The Morgan fingerprint density at radius 1 is 1.07 bits per heavy atom. The molecule has 0 atom stereocenters. The van der Waals surface area contributed by atoms with Gasteiger partial charge in [0.05, 0.1) is 0 Å². The van der Waals surface area contributed by atoms with Crippen molar-refractivity contribution in [3.63, 3.8) is 0 Å². The van der Waals surface area contributed by atoms with Gasteiger partial charge in [-0.15, -0.1) is 5.10 Å². The topological polar surface area (TPSA) is 81.3 Å². The molecule has 1 N–H and O–H groups in total. The minimum absolute atomic E-state index is 0.0284. The van der Waals surface area contributed by atoms with Gasteiger partial charge in [-0.3, -0.25) is 9.59 Å². The molecule has 0 saturated carbocycles. The number of aryl methyl sites for hydroxylation is 2. The summed E-state index contributed by atoms with van der Waals surface area (Å²) < 4.78 is 2.94. The van der Waals surface area contributed by atoms with Gasteiger partial charge in [0.15, 0.2) is 5.82 Å². The SMILES string of the molecule is CCc1ccccc1NC(=O)Cn1c(C)cc(=O)n2nc(-c3ccccc3)nc12. The van der Waals surface area contributed by atoms with Crippen LogP contribution in [-0.2, 0) is 17.8 Å². The molecule has 7 heteroatoms. The quantitative estimate of drug-likeness (QED) is 0.571. The Bertz CT molecular complexity index is 1240. The van der Waals surface area contributed by atoms with Gasteiger partial charge in [0.25, 0.3) is 5.56 Å². The molecule has 0 radical (unpaired) electrons. The summed E-state index contributed by atoms with van der Waals surface area (Å²) in [7, 11) is 0. The zero-order valence-corrected chi connectivity index (χ0v) is 16.3. The first-order valence-electron chi connectivity index (χ1n) is 9.47. The van der Waals surface area contributed by atoms with Gasteiger partial charge in [-0.2, -0.15) is 9.50 Å². The summed E-state index contributed by atoms with van der Waals surface area (Å²) >= 11 is 0. The molecule has 146 valence electrons. The number of hydrogen-bond donors (Lipinski definition) is 1. The number of fused-ring (bicyclic) bond motifs is 1.